The summed E-state index contributed by atoms with van der Waals surface area (Å²) >= 11 is 0. The molecule has 1 aromatic carbocycles. The Morgan fingerprint density at radius 2 is 1.83 bits per heavy atom. The van der Waals surface area contributed by atoms with Crippen molar-refractivity contribution < 1.29 is 4.79 Å². The van der Waals surface area contributed by atoms with E-state index in [1.165, 1.54) is 0 Å². The van der Waals surface area contributed by atoms with Gasteiger partial charge in [-0.05, 0) is 12.0 Å². The lowest BCUT2D eigenvalue weighted by Gasteiger charge is -2.22. The zero-order valence-electron chi connectivity index (χ0n) is 13.0. The van der Waals surface area contributed by atoms with Crippen molar-refractivity contribution in [3.63, 3.8) is 0 Å². The Bertz CT molecular complexity index is 791. The van der Waals surface area contributed by atoms with Gasteiger partial charge in [0.05, 0.1) is 5.69 Å². The molecule has 2 aliphatic heterocycles. The van der Waals surface area contributed by atoms with E-state index >= 15 is 0 Å². The lowest BCUT2D eigenvalue weighted by Crippen LogP contribution is -2.35. The molecule has 0 saturated carbocycles. The van der Waals surface area contributed by atoms with Crippen LogP contribution < -0.4 is 11.0 Å². The molecule has 23 heavy (non-hydrogen) atoms. The monoisotopic (exact) mass is 312 g/mol. The van der Waals surface area contributed by atoms with E-state index in [0.29, 0.717) is 38.4 Å². The Morgan fingerprint density at radius 1 is 1.00 bits per heavy atom. The first-order valence-electron chi connectivity index (χ1n) is 8.12. The molecule has 0 atom stereocenters. The molecule has 3 heterocycles. The van der Waals surface area contributed by atoms with Gasteiger partial charge < -0.3 is 10.2 Å². The number of benzene rings is 1. The van der Waals surface area contributed by atoms with Crippen molar-refractivity contribution in [1.29, 1.82) is 0 Å². The van der Waals surface area contributed by atoms with E-state index in [9.17, 15) is 9.59 Å². The normalized spacial score (nSPS) is 17.6. The Morgan fingerprint density at radius 3 is 2.65 bits per heavy atom. The quantitative estimate of drug-likeness (QED) is 0.892. The van der Waals surface area contributed by atoms with Gasteiger partial charge in [-0.1, -0.05) is 30.3 Å². The minimum Gasteiger partial charge on any atom is -0.333 e. The molecule has 6 heteroatoms. The van der Waals surface area contributed by atoms with Gasteiger partial charge in [0.15, 0.2) is 0 Å². The first-order valence-corrected chi connectivity index (χ1v) is 8.12. The van der Waals surface area contributed by atoms with Gasteiger partial charge >= 0.3 is 5.69 Å². The summed E-state index contributed by atoms with van der Waals surface area (Å²) in [6.45, 7) is 3.89. The van der Waals surface area contributed by atoms with Gasteiger partial charge in [0.2, 0.25) is 0 Å². The summed E-state index contributed by atoms with van der Waals surface area (Å²) in [4.78, 5) is 27.5. The van der Waals surface area contributed by atoms with Crippen LogP contribution in [0.15, 0.2) is 35.1 Å². The number of aromatic nitrogens is 2. The van der Waals surface area contributed by atoms with Crippen LogP contribution in [-0.4, -0.2) is 33.0 Å². The van der Waals surface area contributed by atoms with Gasteiger partial charge in [0.1, 0.15) is 5.69 Å². The summed E-state index contributed by atoms with van der Waals surface area (Å²) in [5, 5.41) is 3.27. The van der Waals surface area contributed by atoms with Crippen molar-refractivity contribution in [1.82, 2.24) is 19.4 Å². The van der Waals surface area contributed by atoms with E-state index in [1.54, 1.807) is 9.13 Å². The van der Waals surface area contributed by atoms with Crippen LogP contribution in [0.2, 0.25) is 0 Å². The Kier molecular flexibility index (Phi) is 3.53. The van der Waals surface area contributed by atoms with Gasteiger partial charge in [-0.15, -0.1) is 0 Å². The molecule has 0 bridgehead atoms. The van der Waals surface area contributed by atoms with Crippen molar-refractivity contribution in [3.8, 4) is 0 Å². The van der Waals surface area contributed by atoms with Crippen LogP contribution in [0, 0.1) is 0 Å². The maximum absolute atomic E-state index is 13.1. The molecule has 1 aromatic heterocycles. The number of hydrogen-bond donors (Lipinski definition) is 1. The molecule has 120 valence electrons. The second-order valence-corrected chi connectivity index (χ2v) is 6.12. The molecule has 0 fully saturated rings. The summed E-state index contributed by atoms with van der Waals surface area (Å²) in [7, 11) is 0. The summed E-state index contributed by atoms with van der Waals surface area (Å²) in [6.07, 6.45) is 0.808. The van der Waals surface area contributed by atoms with Crippen LogP contribution in [0.4, 0.5) is 0 Å². The van der Waals surface area contributed by atoms with Crippen molar-refractivity contribution >= 4 is 5.91 Å². The highest BCUT2D eigenvalue weighted by molar-refractivity contribution is 5.94. The molecule has 6 nitrogen and oxygen atoms in total. The van der Waals surface area contributed by atoms with E-state index in [4.69, 9.17) is 0 Å². The smallest absolute Gasteiger partial charge is 0.329 e. The van der Waals surface area contributed by atoms with Crippen molar-refractivity contribution in [3.05, 3.63) is 57.8 Å². The third kappa shape index (κ3) is 2.39. The number of carbonyl (C=O) groups is 1. The highest BCUT2D eigenvalue weighted by atomic mass is 16.2. The standard InChI is InChI=1S/C17H20N4O2/c22-16-15-14-11-18-7-10-20(14)17(23)21(15)9-4-8-19(16)12-13-5-2-1-3-6-13/h1-3,5-6,18H,4,7-12H2. The molecule has 1 amide bonds. The van der Waals surface area contributed by atoms with Crippen LogP contribution in [0.5, 0.6) is 0 Å². The van der Waals surface area contributed by atoms with Gasteiger partial charge in [-0.2, -0.15) is 0 Å². The predicted octanol–water partition coefficient (Wildman–Crippen LogP) is 0.799. The molecular weight excluding hydrogens is 292 g/mol. The number of nitrogens with zero attached hydrogens (tertiary/aromatic N) is 3. The van der Waals surface area contributed by atoms with E-state index in [1.807, 2.05) is 35.2 Å². The van der Waals surface area contributed by atoms with Crippen LogP contribution in [-0.2, 0) is 26.2 Å². The number of nitrogens with one attached hydrogen (secondary N) is 1. The summed E-state index contributed by atoms with van der Waals surface area (Å²) in [5.74, 6) is -0.0269. The molecule has 0 unspecified atom stereocenters. The predicted molar refractivity (Wildman–Crippen MR) is 86.2 cm³/mol. The first-order chi connectivity index (χ1) is 11.3. The number of carbonyl (C=O) groups excluding carboxylic acids is 1. The topological polar surface area (TPSA) is 59.3 Å². The maximum atomic E-state index is 13.1. The minimum absolute atomic E-state index is 0.0269. The fourth-order valence-corrected chi connectivity index (χ4v) is 3.52. The van der Waals surface area contributed by atoms with Gasteiger partial charge in [0.25, 0.3) is 5.91 Å². The molecule has 2 aliphatic rings. The van der Waals surface area contributed by atoms with Crippen LogP contribution in [0.1, 0.15) is 28.2 Å². The molecule has 0 saturated heterocycles. The Labute approximate surface area is 134 Å². The van der Waals surface area contributed by atoms with Crippen LogP contribution >= 0.6 is 0 Å². The molecular formula is C17H20N4O2. The fraction of sp³-hybridized carbons (Fsp3) is 0.412. The number of amides is 1. The maximum Gasteiger partial charge on any atom is 0.329 e. The summed E-state index contributed by atoms with van der Waals surface area (Å²) < 4.78 is 3.44. The SMILES string of the molecule is O=C1c2c3n(c(=O)n2CCCN1Cc1ccccc1)CCNC3. The van der Waals surface area contributed by atoms with E-state index in [-0.39, 0.29) is 11.6 Å². The second kappa shape index (κ2) is 5.70. The van der Waals surface area contributed by atoms with Crippen molar-refractivity contribution in [2.45, 2.75) is 32.6 Å². The third-order valence-electron chi connectivity index (χ3n) is 4.65. The highest BCUT2D eigenvalue weighted by Crippen LogP contribution is 2.19. The Hall–Kier alpha value is -2.34. The molecule has 1 N–H and O–H groups in total. The zero-order chi connectivity index (χ0) is 15.8. The van der Waals surface area contributed by atoms with Crippen LogP contribution in [0.25, 0.3) is 0 Å². The largest absolute Gasteiger partial charge is 0.333 e. The van der Waals surface area contributed by atoms with Gasteiger partial charge in [-0.25, -0.2) is 4.79 Å². The fourth-order valence-electron chi connectivity index (χ4n) is 3.52. The number of fused-ring (bicyclic) bond motifs is 3. The summed E-state index contributed by atoms with van der Waals surface area (Å²) in [5.41, 5.74) is 2.50. The van der Waals surface area contributed by atoms with E-state index < -0.39 is 0 Å². The Balaban J connectivity index is 1.72. The number of hydrogen-bond acceptors (Lipinski definition) is 3. The van der Waals surface area contributed by atoms with Gasteiger partial charge in [-0.3, -0.25) is 13.9 Å². The van der Waals surface area contributed by atoms with Crippen LogP contribution in [0.3, 0.4) is 0 Å². The van der Waals surface area contributed by atoms with Crippen molar-refractivity contribution in [2.24, 2.45) is 0 Å². The van der Waals surface area contributed by atoms with E-state index in [2.05, 4.69) is 5.32 Å². The second-order valence-electron chi connectivity index (χ2n) is 6.12. The first kappa shape index (κ1) is 14.3. The number of imidazole rings is 1. The minimum atomic E-state index is -0.0357. The summed E-state index contributed by atoms with van der Waals surface area (Å²) in [6, 6.07) is 10.0. The lowest BCUT2D eigenvalue weighted by molar-refractivity contribution is 0.0744. The molecule has 0 spiro atoms. The third-order valence-corrected chi connectivity index (χ3v) is 4.65. The van der Waals surface area contributed by atoms with Crippen molar-refractivity contribution in [2.75, 3.05) is 13.1 Å². The lowest BCUT2D eigenvalue weighted by atomic mass is 10.2. The van der Waals surface area contributed by atoms with E-state index in [0.717, 1.165) is 24.2 Å². The zero-order valence-corrected chi connectivity index (χ0v) is 13.0. The highest BCUT2D eigenvalue weighted by Gasteiger charge is 2.31. The number of rotatable bonds is 2. The molecule has 0 aliphatic carbocycles. The molecule has 0 radical (unpaired) electrons. The van der Waals surface area contributed by atoms with Gasteiger partial charge in [0, 0.05) is 39.3 Å². The average molecular weight is 312 g/mol. The molecule has 2 aromatic rings. The molecule has 4 rings (SSSR count). The average Bonchev–Trinajstić information content (AvgIpc) is 2.76.